The quantitative estimate of drug-likeness (QED) is 0.722. The van der Waals surface area contributed by atoms with E-state index in [2.05, 4.69) is 46.4 Å². The molecule has 5 heteroatoms. The summed E-state index contributed by atoms with van der Waals surface area (Å²) in [6.07, 6.45) is 2.89. The van der Waals surface area contributed by atoms with Crippen LogP contribution in [0.15, 0.2) is 48.7 Å². The summed E-state index contributed by atoms with van der Waals surface area (Å²) in [6.45, 7) is 1.61. The van der Waals surface area contributed by atoms with Crippen LogP contribution in [0.25, 0.3) is 0 Å². The number of anilines is 1. The number of para-hydroxylation sites is 1. The summed E-state index contributed by atoms with van der Waals surface area (Å²) in [5.41, 5.74) is 6.31. The van der Waals surface area contributed by atoms with Gasteiger partial charge < -0.3 is 14.4 Å². The summed E-state index contributed by atoms with van der Waals surface area (Å²) in [4.78, 5) is 2.40. The highest BCUT2D eigenvalue weighted by Crippen LogP contribution is 2.32. The Labute approximate surface area is 153 Å². The molecule has 0 N–H and O–H groups in total. The Morgan fingerprint density at radius 1 is 1.00 bits per heavy atom. The molecule has 1 aromatic heterocycles. The van der Waals surface area contributed by atoms with Gasteiger partial charge >= 0.3 is 0 Å². The molecule has 4 rings (SSSR count). The summed E-state index contributed by atoms with van der Waals surface area (Å²) < 4.78 is 12.8. The molecule has 26 heavy (non-hydrogen) atoms. The largest absolute Gasteiger partial charge is 0.497 e. The molecule has 0 bridgehead atoms. The molecule has 0 amide bonds. The normalized spacial score (nSPS) is 13.0. The summed E-state index contributed by atoms with van der Waals surface area (Å²) >= 11 is 0. The van der Waals surface area contributed by atoms with Crippen molar-refractivity contribution in [3.8, 4) is 11.5 Å². The maximum absolute atomic E-state index is 5.43. The monoisotopic (exact) mass is 349 g/mol. The average Bonchev–Trinajstić information content (AvgIpc) is 2.92. The molecule has 0 saturated heterocycles. The van der Waals surface area contributed by atoms with E-state index in [1.807, 2.05) is 24.0 Å². The number of rotatable bonds is 4. The molecule has 1 aliphatic heterocycles. The Balaban J connectivity index is 1.74. The van der Waals surface area contributed by atoms with Crippen molar-refractivity contribution in [3.05, 3.63) is 71.0 Å². The minimum atomic E-state index is 0.777. The second kappa shape index (κ2) is 6.75. The first kappa shape index (κ1) is 16.5. The standard InChI is InChI=1S/C21H23N3O2/c1-23-21-10-16-6-4-5-7-20(16)24(14-17(21)12-22-23)13-15-8-18(25-2)11-19(9-15)26-3/h4-9,11-12H,10,13-14H2,1-3H3. The number of fused-ring (bicyclic) bond motifs is 2. The van der Waals surface area contributed by atoms with E-state index in [4.69, 9.17) is 9.47 Å². The second-order valence-electron chi connectivity index (χ2n) is 6.62. The molecule has 0 unspecified atom stereocenters. The summed E-state index contributed by atoms with van der Waals surface area (Å²) in [5.74, 6) is 1.62. The van der Waals surface area contributed by atoms with Gasteiger partial charge in [-0.05, 0) is 29.3 Å². The molecule has 2 aromatic carbocycles. The van der Waals surface area contributed by atoms with Crippen molar-refractivity contribution in [3.63, 3.8) is 0 Å². The number of methoxy groups -OCH3 is 2. The van der Waals surface area contributed by atoms with Gasteiger partial charge in [-0.2, -0.15) is 5.10 Å². The first-order chi connectivity index (χ1) is 12.7. The molecular formula is C21H23N3O2. The van der Waals surface area contributed by atoms with Crippen molar-refractivity contribution < 1.29 is 9.47 Å². The van der Waals surface area contributed by atoms with Crippen LogP contribution in [0.4, 0.5) is 5.69 Å². The molecular weight excluding hydrogens is 326 g/mol. The number of hydrogen-bond donors (Lipinski definition) is 0. The Bertz CT molecular complexity index is 911. The Morgan fingerprint density at radius 3 is 2.46 bits per heavy atom. The fraction of sp³-hybridized carbons (Fsp3) is 0.286. The van der Waals surface area contributed by atoms with Gasteiger partial charge in [-0.25, -0.2) is 0 Å². The van der Waals surface area contributed by atoms with Crippen LogP contribution >= 0.6 is 0 Å². The third-order valence-electron chi connectivity index (χ3n) is 4.98. The number of hydrogen-bond acceptors (Lipinski definition) is 4. The molecule has 0 saturated carbocycles. The first-order valence-electron chi connectivity index (χ1n) is 8.72. The fourth-order valence-corrected chi connectivity index (χ4v) is 3.63. The van der Waals surface area contributed by atoms with Crippen molar-refractivity contribution in [2.75, 3.05) is 19.1 Å². The Morgan fingerprint density at radius 2 is 1.73 bits per heavy atom. The minimum Gasteiger partial charge on any atom is -0.497 e. The molecule has 0 radical (unpaired) electrons. The van der Waals surface area contributed by atoms with E-state index in [0.29, 0.717) is 0 Å². The summed E-state index contributed by atoms with van der Waals surface area (Å²) in [5, 5.41) is 4.46. The van der Waals surface area contributed by atoms with E-state index in [1.165, 1.54) is 22.5 Å². The molecule has 0 aliphatic carbocycles. The van der Waals surface area contributed by atoms with Crippen LogP contribution in [0.3, 0.4) is 0 Å². The van der Waals surface area contributed by atoms with Crippen LogP contribution in [-0.4, -0.2) is 24.0 Å². The zero-order chi connectivity index (χ0) is 18.1. The van der Waals surface area contributed by atoms with Crippen LogP contribution in [0.5, 0.6) is 11.5 Å². The van der Waals surface area contributed by atoms with Crippen LogP contribution in [0, 0.1) is 0 Å². The number of benzene rings is 2. The Kier molecular flexibility index (Phi) is 4.29. The number of nitrogens with zero attached hydrogens (tertiary/aromatic N) is 3. The lowest BCUT2D eigenvalue weighted by Gasteiger charge is -2.25. The zero-order valence-corrected chi connectivity index (χ0v) is 15.4. The summed E-state index contributed by atoms with van der Waals surface area (Å²) in [7, 11) is 5.38. The van der Waals surface area contributed by atoms with Crippen molar-refractivity contribution in [1.29, 1.82) is 0 Å². The number of aromatic nitrogens is 2. The van der Waals surface area contributed by atoms with Gasteiger partial charge in [0, 0.05) is 49.6 Å². The molecule has 5 nitrogen and oxygen atoms in total. The van der Waals surface area contributed by atoms with Crippen LogP contribution < -0.4 is 14.4 Å². The van der Waals surface area contributed by atoms with Crippen LogP contribution in [0.2, 0.25) is 0 Å². The highest BCUT2D eigenvalue weighted by atomic mass is 16.5. The maximum atomic E-state index is 5.43. The van der Waals surface area contributed by atoms with E-state index < -0.39 is 0 Å². The SMILES string of the molecule is COc1cc(CN2Cc3cnn(C)c3Cc3ccccc32)cc(OC)c1. The lowest BCUT2D eigenvalue weighted by atomic mass is 10.1. The third kappa shape index (κ3) is 3.01. The zero-order valence-electron chi connectivity index (χ0n) is 15.4. The molecule has 0 atom stereocenters. The van der Waals surface area contributed by atoms with Gasteiger partial charge in [-0.1, -0.05) is 18.2 Å². The first-order valence-corrected chi connectivity index (χ1v) is 8.72. The predicted octanol–water partition coefficient (Wildman–Crippen LogP) is 3.55. The summed E-state index contributed by atoms with van der Waals surface area (Å²) in [6, 6.07) is 14.7. The lowest BCUT2D eigenvalue weighted by Crippen LogP contribution is -2.22. The molecule has 134 valence electrons. The van der Waals surface area contributed by atoms with Crippen molar-refractivity contribution in [2.24, 2.45) is 7.05 Å². The predicted molar refractivity (Wildman–Crippen MR) is 102 cm³/mol. The van der Waals surface area contributed by atoms with E-state index >= 15 is 0 Å². The lowest BCUT2D eigenvalue weighted by molar-refractivity contribution is 0.393. The van der Waals surface area contributed by atoms with Crippen molar-refractivity contribution in [1.82, 2.24) is 9.78 Å². The van der Waals surface area contributed by atoms with Crippen LogP contribution in [0.1, 0.15) is 22.4 Å². The molecule has 3 aromatic rings. The number of aryl methyl sites for hydroxylation is 1. The Hall–Kier alpha value is -2.95. The van der Waals surface area contributed by atoms with E-state index in [1.54, 1.807) is 14.2 Å². The average molecular weight is 349 g/mol. The van der Waals surface area contributed by atoms with Gasteiger partial charge in [0.25, 0.3) is 0 Å². The third-order valence-corrected chi connectivity index (χ3v) is 4.98. The van der Waals surface area contributed by atoms with E-state index in [-0.39, 0.29) is 0 Å². The van der Waals surface area contributed by atoms with Gasteiger partial charge in [0.15, 0.2) is 0 Å². The van der Waals surface area contributed by atoms with Crippen molar-refractivity contribution >= 4 is 5.69 Å². The van der Waals surface area contributed by atoms with Crippen molar-refractivity contribution in [2.45, 2.75) is 19.5 Å². The molecule has 1 aliphatic rings. The highest BCUT2D eigenvalue weighted by Gasteiger charge is 2.22. The minimum absolute atomic E-state index is 0.777. The van der Waals surface area contributed by atoms with Gasteiger partial charge in [-0.15, -0.1) is 0 Å². The molecule has 2 heterocycles. The molecule has 0 spiro atoms. The van der Waals surface area contributed by atoms with Gasteiger partial charge in [0.1, 0.15) is 11.5 Å². The fourth-order valence-electron chi connectivity index (χ4n) is 3.63. The van der Waals surface area contributed by atoms with E-state index in [0.717, 1.165) is 36.6 Å². The van der Waals surface area contributed by atoms with Gasteiger partial charge in [0.2, 0.25) is 0 Å². The smallest absolute Gasteiger partial charge is 0.122 e. The maximum Gasteiger partial charge on any atom is 0.122 e. The van der Waals surface area contributed by atoms with Crippen LogP contribution in [-0.2, 0) is 26.6 Å². The second-order valence-corrected chi connectivity index (χ2v) is 6.62. The highest BCUT2D eigenvalue weighted by molar-refractivity contribution is 5.58. The number of ether oxygens (including phenoxy) is 2. The molecule has 0 fully saturated rings. The van der Waals surface area contributed by atoms with Gasteiger partial charge in [-0.3, -0.25) is 4.68 Å². The topological polar surface area (TPSA) is 39.5 Å². The van der Waals surface area contributed by atoms with Gasteiger partial charge in [0.05, 0.1) is 20.4 Å². The van der Waals surface area contributed by atoms with E-state index in [9.17, 15) is 0 Å².